The number of aromatic hydroxyl groups is 1. The molecule has 172 valence electrons. The molecule has 0 aliphatic carbocycles. The van der Waals surface area contributed by atoms with Crippen molar-refractivity contribution >= 4 is 16.9 Å². The maximum absolute atomic E-state index is 12.3. The number of carbonyl (C=O) groups is 1. The molecule has 31 heavy (non-hydrogen) atoms. The summed E-state index contributed by atoms with van der Waals surface area (Å²) in [6, 6.07) is 3.21. The zero-order valence-corrected chi connectivity index (χ0v) is 18.9. The Kier molecular flexibility index (Phi) is 10.2. The molecule has 1 heterocycles. The molecule has 0 amide bonds. The van der Waals surface area contributed by atoms with Gasteiger partial charge in [0.15, 0.2) is 17.1 Å². The second-order valence-corrected chi connectivity index (χ2v) is 7.50. The van der Waals surface area contributed by atoms with E-state index in [0.29, 0.717) is 35.6 Å². The minimum Gasteiger partial charge on any atom is -0.506 e. The van der Waals surface area contributed by atoms with E-state index in [0.717, 1.165) is 12.8 Å². The molecule has 0 saturated heterocycles. The minimum absolute atomic E-state index is 0.103. The number of carbonyl (C=O) groups excluding carboxylic acids is 1. The molecule has 2 N–H and O–H groups in total. The second kappa shape index (κ2) is 12.9. The first-order chi connectivity index (χ1) is 15.0. The molecule has 7 nitrogen and oxygen atoms in total. The van der Waals surface area contributed by atoms with Gasteiger partial charge in [0, 0.05) is 11.5 Å². The summed E-state index contributed by atoms with van der Waals surface area (Å²) in [6.45, 7) is 6.76. The van der Waals surface area contributed by atoms with Gasteiger partial charge in [-0.15, -0.1) is 0 Å². The summed E-state index contributed by atoms with van der Waals surface area (Å²) in [5, 5.41) is 10.9. The second-order valence-electron chi connectivity index (χ2n) is 7.50. The lowest BCUT2D eigenvalue weighted by Gasteiger charge is -2.14. The Hall–Kier alpha value is -2.70. The molecule has 0 spiro atoms. The van der Waals surface area contributed by atoms with Crippen LogP contribution in [-0.2, 0) is 4.74 Å². The van der Waals surface area contributed by atoms with Crippen LogP contribution in [-0.4, -0.2) is 35.9 Å². The Morgan fingerprint density at radius 3 is 2.19 bits per heavy atom. The van der Waals surface area contributed by atoms with Gasteiger partial charge in [-0.3, -0.25) is 4.79 Å². The van der Waals surface area contributed by atoms with Crippen molar-refractivity contribution in [2.24, 2.45) is 0 Å². The molecule has 1 aromatic carbocycles. The average molecular weight is 434 g/mol. The van der Waals surface area contributed by atoms with Crippen LogP contribution in [0, 0.1) is 0 Å². The molecule has 0 bridgehead atoms. The first-order valence-electron chi connectivity index (χ1n) is 11.4. The molecule has 7 heteroatoms. The van der Waals surface area contributed by atoms with Gasteiger partial charge >= 0.3 is 5.97 Å². The minimum atomic E-state index is -0.863. The van der Waals surface area contributed by atoms with Gasteiger partial charge in [-0.2, -0.15) is 0 Å². The van der Waals surface area contributed by atoms with Crippen molar-refractivity contribution in [1.82, 2.24) is 4.98 Å². The molecule has 0 radical (unpaired) electrons. The highest BCUT2D eigenvalue weighted by Gasteiger charge is 2.22. The average Bonchev–Trinajstić information content (AvgIpc) is 2.73. The van der Waals surface area contributed by atoms with Crippen LogP contribution in [0.3, 0.4) is 0 Å². The van der Waals surface area contributed by atoms with Gasteiger partial charge in [0.1, 0.15) is 5.75 Å². The number of nitrogens with one attached hydrogen (secondary N) is 1. The molecule has 0 atom stereocenters. The van der Waals surface area contributed by atoms with Gasteiger partial charge in [0.2, 0.25) is 0 Å². The number of esters is 1. The van der Waals surface area contributed by atoms with Crippen molar-refractivity contribution in [2.75, 3.05) is 19.8 Å². The van der Waals surface area contributed by atoms with Crippen LogP contribution in [0.2, 0.25) is 0 Å². The van der Waals surface area contributed by atoms with Gasteiger partial charge < -0.3 is 24.3 Å². The summed E-state index contributed by atoms with van der Waals surface area (Å²) in [7, 11) is 0. The quantitative estimate of drug-likeness (QED) is 0.309. The van der Waals surface area contributed by atoms with Crippen molar-refractivity contribution in [3.63, 3.8) is 0 Å². The molecule has 1 aromatic heterocycles. The van der Waals surface area contributed by atoms with E-state index < -0.39 is 22.8 Å². The van der Waals surface area contributed by atoms with E-state index in [9.17, 15) is 14.7 Å². The smallest absolute Gasteiger partial charge is 0.347 e. The number of benzene rings is 1. The molecular weight excluding hydrogens is 398 g/mol. The predicted octanol–water partition coefficient (Wildman–Crippen LogP) is 5.33. The van der Waals surface area contributed by atoms with E-state index >= 15 is 0 Å². The standard InChI is InChI=1S/C24H35NO6/c1-4-7-8-9-10-11-12-13-14-31-19-15-17-18(16-20(19)29-5-2)25-23(27)21(22(17)26)24(28)30-6-3/h15-16H,4-14H2,1-3H3,(H2,25,26,27). The van der Waals surface area contributed by atoms with E-state index in [1.165, 1.54) is 38.5 Å². The first-order valence-corrected chi connectivity index (χ1v) is 11.4. The lowest BCUT2D eigenvalue weighted by molar-refractivity contribution is 0.0521. The summed E-state index contributed by atoms with van der Waals surface area (Å²) in [6.07, 6.45) is 9.60. The van der Waals surface area contributed by atoms with Gasteiger partial charge in [0.25, 0.3) is 5.56 Å². The highest BCUT2D eigenvalue weighted by molar-refractivity contribution is 6.00. The van der Waals surface area contributed by atoms with Crippen LogP contribution >= 0.6 is 0 Å². The van der Waals surface area contributed by atoms with Crippen LogP contribution in [0.4, 0.5) is 0 Å². The Labute approximate surface area is 183 Å². The molecule has 2 aromatic rings. The fourth-order valence-electron chi connectivity index (χ4n) is 3.48. The summed E-state index contributed by atoms with van der Waals surface area (Å²) in [5.74, 6) is -0.335. The molecule has 0 aliphatic rings. The number of hydrogen-bond acceptors (Lipinski definition) is 6. The molecule has 0 saturated carbocycles. The number of hydrogen-bond donors (Lipinski definition) is 2. The fraction of sp³-hybridized carbons (Fsp3) is 0.583. The van der Waals surface area contributed by atoms with Gasteiger partial charge in [0.05, 0.1) is 25.3 Å². The number of aromatic nitrogens is 1. The Balaban J connectivity index is 2.12. The SMILES string of the molecule is CCCCCCCCCCOc1cc2c(O)c(C(=O)OCC)c(=O)[nH]c2cc1OCC. The lowest BCUT2D eigenvalue weighted by Crippen LogP contribution is -2.20. The number of aromatic amines is 1. The van der Waals surface area contributed by atoms with Crippen molar-refractivity contribution < 1.29 is 24.1 Å². The fourth-order valence-corrected chi connectivity index (χ4v) is 3.48. The van der Waals surface area contributed by atoms with Crippen molar-refractivity contribution in [1.29, 1.82) is 0 Å². The van der Waals surface area contributed by atoms with Crippen molar-refractivity contribution in [2.45, 2.75) is 72.1 Å². The molecule has 0 aliphatic heterocycles. The number of rotatable bonds is 14. The van der Waals surface area contributed by atoms with Crippen molar-refractivity contribution in [3.8, 4) is 17.2 Å². The maximum Gasteiger partial charge on any atom is 0.347 e. The van der Waals surface area contributed by atoms with Crippen LogP contribution in [0.5, 0.6) is 17.2 Å². The number of pyridine rings is 1. The van der Waals surface area contributed by atoms with E-state index in [1.54, 1.807) is 19.1 Å². The van der Waals surface area contributed by atoms with E-state index in [2.05, 4.69) is 11.9 Å². The van der Waals surface area contributed by atoms with Gasteiger partial charge in [-0.1, -0.05) is 51.9 Å². The lowest BCUT2D eigenvalue weighted by atomic mass is 10.1. The van der Waals surface area contributed by atoms with Crippen LogP contribution in [0.15, 0.2) is 16.9 Å². The molecular formula is C24H35NO6. The molecule has 2 rings (SSSR count). The normalized spacial score (nSPS) is 10.9. The summed E-state index contributed by atoms with van der Waals surface area (Å²) >= 11 is 0. The van der Waals surface area contributed by atoms with Crippen LogP contribution < -0.4 is 15.0 Å². The largest absolute Gasteiger partial charge is 0.506 e. The Morgan fingerprint density at radius 2 is 1.55 bits per heavy atom. The number of unbranched alkanes of at least 4 members (excludes halogenated alkanes) is 7. The highest BCUT2D eigenvalue weighted by Crippen LogP contribution is 2.36. The number of ether oxygens (including phenoxy) is 3. The highest BCUT2D eigenvalue weighted by atomic mass is 16.5. The monoisotopic (exact) mass is 433 g/mol. The third-order valence-electron chi connectivity index (χ3n) is 5.09. The Morgan fingerprint density at radius 1 is 0.903 bits per heavy atom. The number of H-pyrrole nitrogens is 1. The van der Waals surface area contributed by atoms with E-state index in [1.807, 2.05) is 6.92 Å². The van der Waals surface area contributed by atoms with Crippen molar-refractivity contribution in [3.05, 3.63) is 28.0 Å². The topological polar surface area (TPSA) is 97.9 Å². The van der Waals surface area contributed by atoms with Gasteiger partial charge in [-0.25, -0.2) is 4.79 Å². The maximum atomic E-state index is 12.3. The Bertz CT molecular complexity index is 905. The van der Waals surface area contributed by atoms with Gasteiger partial charge in [-0.05, 0) is 26.3 Å². The summed E-state index contributed by atoms with van der Waals surface area (Å²) < 4.78 is 16.5. The molecule has 0 unspecified atom stereocenters. The zero-order chi connectivity index (χ0) is 22.6. The molecule has 0 fully saturated rings. The van der Waals surface area contributed by atoms with Crippen LogP contribution in [0.1, 0.15) is 82.5 Å². The summed E-state index contributed by atoms with van der Waals surface area (Å²) in [5.41, 5.74) is -0.760. The summed E-state index contributed by atoms with van der Waals surface area (Å²) in [4.78, 5) is 27.0. The first kappa shape index (κ1) is 24.6. The number of fused-ring (bicyclic) bond motifs is 1. The third-order valence-corrected chi connectivity index (χ3v) is 5.09. The van der Waals surface area contributed by atoms with E-state index in [-0.39, 0.29) is 6.61 Å². The zero-order valence-electron chi connectivity index (χ0n) is 18.9. The van der Waals surface area contributed by atoms with Crippen LogP contribution in [0.25, 0.3) is 10.9 Å². The predicted molar refractivity (Wildman–Crippen MR) is 121 cm³/mol. The van der Waals surface area contributed by atoms with E-state index in [4.69, 9.17) is 14.2 Å². The third kappa shape index (κ3) is 6.91.